The molecule has 2 aromatic heterocycles. The third-order valence-electron chi connectivity index (χ3n) is 9.55. The summed E-state index contributed by atoms with van der Waals surface area (Å²) in [5.41, 5.74) is 3.23. The van der Waals surface area contributed by atoms with Crippen molar-refractivity contribution < 1.29 is 28.2 Å². The normalized spacial score (nSPS) is 12.0. The average molecular weight is 772 g/mol. The molecule has 5 aromatic rings. The minimum Gasteiger partial charge on any atom is -0.493 e. The van der Waals surface area contributed by atoms with E-state index >= 15 is 0 Å². The second-order valence-electron chi connectivity index (χ2n) is 13.3. The lowest BCUT2D eigenvalue weighted by Crippen LogP contribution is -2.32. The van der Waals surface area contributed by atoms with Gasteiger partial charge in [-0.25, -0.2) is 4.79 Å². The molecule has 0 aliphatic carbocycles. The number of nitriles is 1. The summed E-state index contributed by atoms with van der Waals surface area (Å²) in [6, 6.07) is 24.8. The molecule has 0 saturated heterocycles. The monoisotopic (exact) mass is 771 g/mol. The molecule has 5 rings (SSSR count). The molecule has 13 heteroatoms. The molecule has 0 spiro atoms. The summed E-state index contributed by atoms with van der Waals surface area (Å²) < 4.78 is 27.9. The number of hydrogen-bond acceptors (Lipinski definition) is 10. The molecule has 1 unspecified atom stereocenters. The molecule has 1 amide bonds. The topological polar surface area (TPSA) is 141 Å². The Balaban J connectivity index is 0.000000264. The number of rotatable bonds is 17. The van der Waals surface area contributed by atoms with E-state index in [0.717, 1.165) is 55.1 Å². The highest BCUT2D eigenvalue weighted by atomic mass is 35.5. The maximum absolute atomic E-state index is 12.0. The van der Waals surface area contributed by atoms with Crippen molar-refractivity contribution in [2.45, 2.75) is 51.6 Å². The Bertz CT molecular complexity index is 2110. The van der Waals surface area contributed by atoms with Crippen molar-refractivity contribution in [3.8, 4) is 29.1 Å². The average Bonchev–Trinajstić information content (AvgIpc) is 3.50. The standard InChI is InChI=1S/C27H38N2O4.C15H12ClN3O3/c1-20(2)27(19-28,22-10-12-24(31-5)26(18-22)33-7)14-8-15-29(3)16-13-21-9-11-23(30-4)25(17-21)32-6;16-10-4-5-12-13(7-10)22-15(21)19(12)9-14(20)18-8-11-3-1-2-6-17-11/h9-12,17-18,20H,8,13-16H2,1-7H3;1-7H,8-9H2,(H,18,20). The summed E-state index contributed by atoms with van der Waals surface area (Å²) in [4.78, 5) is 30.2. The minimum atomic E-state index is -0.592. The lowest BCUT2D eigenvalue weighted by molar-refractivity contribution is -0.121. The lowest BCUT2D eigenvalue weighted by Gasteiger charge is -2.32. The number of pyridine rings is 1. The van der Waals surface area contributed by atoms with Crippen LogP contribution in [0.3, 0.4) is 0 Å². The molecule has 0 bridgehead atoms. The van der Waals surface area contributed by atoms with Gasteiger partial charge in [0.25, 0.3) is 0 Å². The van der Waals surface area contributed by atoms with Gasteiger partial charge in [0.2, 0.25) is 5.91 Å². The Kier molecular flexibility index (Phi) is 15.5. The maximum Gasteiger partial charge on any atom is 0.420 e. The Morgan fingerprint density at radius 2 is 1.64 bits per heavy atom. The van der Waals surface area contributed by atoms with E-state index < -0.39 is 11.2 Å². The van der Waals surface area contributed by atoms with Crippen LogP contribution in [-0.2, 0) is 29.7 Å². The largest absolute Gasteiger partial charge is 0.493 e. The maximum atomic E-state index is 12.0. The van der Waals surface area contributed by atoms with Crippen LogP contribution in [0.5, 0.6) is 23.0 Å². The number of fused-ring (bicyclic) bond motifs is 1. The molecule has 2 heterocycles. The van der Waals surface area contributed by atoms with Crippen molar-refractivity contribution in [1.29, 1.82) is 5.26 Å². The summed E-state index contributed by atoms with van der Waals surface area (Å²) in [6.45, 7) is 6.24. The zero-order chi connectivity index (χ0) is 40.0. The van der Waals surface area contributed by atoms with Crippen LogP contribution in [0.15, 0.2) is 88.2 Å². The number of carbonyl (C=O) groups is 1. The first-order chi connectivity index (χ1) is 26.5. The van der Waals surface area contributed by atoms with Gasteiger partial charge in [-0.1, -0.05) is 43.6 Å². The predicted molar refractivity (Wildman–Crippen MR) is 213 cm³/mol. The summed E-state index contributed by atoms with van der Waals surface area (Å²) in [7, 11) is 8.67. The van der Waals surface area contributed by atoms with Crippen molar-refractivity contribution >= 4 is 28.6 Å². The number of ether oxygens (including phenoxy) is 4. The minimum absolute atomic E-state index is 0.125. The van der Waals surface area contributed by atoms with Crippen molar-refractivity contribution in [2.75, 3.05) is 48.6 Å². The number of carbonyl (C=O) groups excluding carboxylic acids is 1. The zero-order valence-electron chi connectivity index (χ0n) is 32.6. The van der Waals surface area contributed by atoms with Crippen molar-refractivity contribution in [1.82, 2.24) is 19.8 Å². The van der Waals surface area contributed by atoms with Crippen LogP contribution in [-0.4, -0.2) is 68.9 Å². The van der Waals surface area contributed by atoms with E-state index in [0.29, 0.717) is 34.2 Å². The van der Waals surface area contributed by atoms with Crippen LogP contribution in [0.4, 0.5) is 0 Å². The van der Waals surface area contributed by atoms with Crippen LogP contribution in [0.25, 0.3) is 11.1 Å². The van der Waals surface area contributed by atoms with Gasteiger partial charge in [-0.3, -0.25) is 14.3 Å². The van der Waals surface area contributed by atoms with Gasteiger partial charge in [-0.2, -0.15) is 5.26 Å². The number of nitrogens with zero attached hydrogens (tertiary/aromatic N) is 4. The number of aromatic nitrogens is 2. The third kappa shape index (κ3) is 11.0. The summed E-state index contributed by atoms with van der Waals surface area (Å²) in [5, 5.41) is 13.4. The van der Waals surface area contributed by atoms with Gasteiger partial charge in [0.1, 0.15) is 6.54 Å². The Hall–Kier alpha value is -5.51. The zero-order valence-corrected chi connectivity index (χ0v) is 33.3. The SMILES string of the molecule is COc1ccc(CCN(C)CCCC(C#N)(c2ccc(OC)c(OC)c2)C(C)C)cc1OC.O=C(Cn1c(=O)oc2cc(Cl)ccc21)NCc1ccccn1. The van der Waals surface area contributed by atoms with Crippen molar-refractivity contribution in [3.05, 3.63) is 111 Å². The number of amides is 1. The Morgan fingerprint density at radius 3 is 2.27 bits per heavy atom. The molecule has 55 heavy (non-hydrogen) atoms. The van der Waals surface area contributed by atoms with Gasteiger partial charge in [0.15, 0.2) is 28.6 Å². The molecule has 1 N–H and O–H groups in total. The summed E-state index contributed by atoms with van der Waals surface area (Å²) in [5.74, 6) is 2.09. The van der Waals surface area contributed by atoms with E-state index in [1.54, 1.807) is 58.9 Å². The van der Waals surface area contributed by atoms with Gasteiger partial charge in [-0.05, 0) is 98.4 Å². The van der Waals surface area contributed by atoms with Crippen molar-refractivity contribution in [2.24, 2.45) is 5.92 Å². The summed E-state index contributed by atoms with van der Waals surface area (Å²) >= 11 is 5.85. The van der Waals surface area contributed by atoms with E-state index in [4.69, 9.17) is 35.0 Å². The van der Waals surface area contributed by atoms with Crippen LogP contribution in [0.1, 0.15) is 43.5 Å². The van der Waals surface area contributed by atoms with E-state index in [1.807, 2.05) is 42.5 Å². The van der Waals surface area contributed by atoms with E-state index in [9.17, 15) is 14.9 Å². The van der Waals surface area contributed by atoms with E-state index in [2.05, 4.69) is 48.2 Å². The summed E-state index contributed by atoms with van der Waals surface area (Å²) in [6.07, 6.45) is 4.26. The van der Waals surface area contributed by atoms with Crippen molar-refractivity contribution in [3.63, 3.8) is 0 Å². The first-order valence-corrected chi connectivity index (χ1v) is 18.3. The molecular formula is C42H50ClN5O7. The van der Waals surface area contributed by atoms with Gasteiger partial charge in [0, 0.05) is 23.8 Å². The molecule has 0 saturated carbocycles. The van der Waals surface area contributed by atoms with Crippen LogP contribution in [0.2, 0.25) is 5.02 Å². The second-order valence-corrected chi connectivity index (χ2v) is 13.8. The van der Waals surface area contributed by atoms with Crippen LogP contribution in [0, 0.1) is 17.2 Å². The number of nitrogens with one attached hydrogen (secondary N) is 1. The predicted octanol–water partition coefficient (Wildman–Crippen LogP) is 7.05. The van der Waals surface area contributed by atoms with Crippen LogP contribution < -0.4 is 30.0 Å². The number of benzene rings is 3. The first-order valence-electron chi connectivity index (χ1n) is 18.0. The van der Waals surface area contributed by atoms with Gasteiger partial charge in [-0.15, -0.1) is 0 Å². The van der Waals surface area contributed by atoms with Gasteiger partial charge in [0.05, 0.1) is 57.7 Å². The lowest BCUT2D eigenvalue weighted by atomic mass is 9.69. The highest BCUT2D eigenvalue weighted by Gasteiger charge is 2.36. The number of halogens is 1. The fraction of sp³-hybridized carbons (Fsp3) is 0.381. The van der Waals surface area contributed by atoms with E-state index in [1.165, 1.54) is 10.1 Å². The smallest absolute Gasteiger partial charge is 0.420 e. The highest BCUT2D eigenvalue weighted by molar-refractivity contribution is 6.31. The number of hydrogen-bond donors (Lipinski definition) is 1. The molecule has 1 atom stereocenters. The third-order valence-corrected chi connectivity index (χ3v) is 9.78. The molecular weight excluding hydrogens is 722 g/mol. The Morgan fingerprint density at radius 1 is 0.945 bits per heavy atom. The fourth-order valence-corrected chi connectivity index (χ4v) is 6.47. The fourth-order valence-electron chi connectivity index (χ4n) is 6.31. The van der Waals surface area contributed by atoms with E-state index in [-0.39, 0.29) is 18.4 Å². The second kappa shape index (κ2) is 20.2. The molecule has 3 aromatic carbocycles. The molecule has 0 fully saturated rings. The molecule has 0 aliphatic heterocycles. The number of oxazole rings is 1. The Labute approximate surface area is 327 Å². The van der Waals surface area contributed by atoms with Gasteiger partial charge >= 0.3 is 5.76 Å². The molecule has 12 nitrogen and oxygen atoms in total. The first kappa shape index (κ1) is 42.2. The highest BCUT2D eigenvalue weighted by Crippen LogP contribution is 2.40. The molecule has 0 radical (unpaired) electrons. The number of likely N-dealkylation sites (N-methyl/N-ethyl adjacent to an activating group) is 1. The van der Waals surface area contributed by atoms with Crippen LogP contribution >= 0.6 is 11.6 Å². The number of methoxy groups -OCH3 is 4. The van der Waals surface area contributed by atoms with Gasteiger partial charge < -0.3 is 33.6 Å². The molecule has 292 valence electrons. The quantitative estimate of drug-likeness (QED) is 0.105. The molecule has 0 aliphatic rings.